The summed E-state index contributed by atoms with van der Waals surface area (Å²) >= 11 is 5.07. The first-order chi connectivity index (χ1) is 8.33. The number of benzene rings is 1. The lowest BCUT2D eigenvalue weighted by molar-refractivity contribution is 0.0478. The number of hydrogen-bond acceptors (Lipinski definition) is 3. The molecule has 1 aromatic carbocycles. The lowest BCUT2D eigenvalue weighted by Gasteiger charge is -2.03. The third-order valence-electron chi connectivity index (χ3n) is 2.59. The van der Waals surface area contributed by atoms with Crippen LogP contribution in [-0.2, 0) is 4.84 Å². The van der Waals surface area contributed by atoms with E-state index in [1.54, 1.807) is 11.3 Å². The first kappa shape index (κ1) is 11.0. The Bertz CT molecular complexity index is 550. The van der Waals surface area contributed by atoms with Crippen LogP contribution in [0.25, 0.3) is 11.1 Å². The van der Waals surface area contributed by atoms with Gasteiger partial charge in [-0.25, -0.2) is 0 Å². The minimum absolute atomic E-state index is 0.00633. The Labute approximate surface area is 112 Å². The van der Waals surface area contributed by atoms with E-state index >= 15 is 0 Å². The van der Waals surface area contributed by atoms with Crippen molar-refractivity contribution in [3.05, 3.63) is 57.3 Å². The highest BCUT2D eigenvalue weighted by atomic mass is 79.9. The van der Waals surface area contributed by atoms with E-state index in [9.17, 15) is 0 Å². The predicted molar refractivity (Wildman–Crippen MR) is 73.7 cm³/mol. The van der Waals surface area contributed by atoms with E-state index in [1.807, 2.05) is 12.1 Å². The van der Waals surface area contributed by atoms with E-state index in [2.05, 4.69) is 57.1 Å². The fourth-order valence-corrected chi connectivity index (χ4v) is 2.99. The minimum atomic E-state index is 0.00633. The first-order valence-electron chi connectivity index (χ1n) is 5.26. The van der Waals surface area contributed by atoms with Crippen molar-refractivity contribution in [2.45, 2.75) is 6.10 Å². The first-order valence-corrected chi connectivity index (χ1v) is 6.93. The maximum atomic E-state index is 5.42. The van der Waals surface area contributed by atoms with Gasteiger partial charge in [-0.05, 0) is 44.6 Å². The normalized spacial score (nSPS) is 18.9. The Morgan fingerprint density at radius 1 is 1.18 bits per heavy atom. The van der Waals surface area contributed by atoms with Crippen molar-refractivity contribution in [1.29, 1.82) is 0 Å². The van der Waals surface area contributed by atoms with Crippen molar-refractivity contribution in [2.24, 2.45) is 0 Å². The average molecular weight is 308 g/mol. The van der Waals surface area contributed by atoms with Gasteiger partial charge in [0, 0.05) is 4.88 Å². The highest BCUT2D eigenvalue weighted by Gasteiger charge is 2.18. The molecular formula is C13H10BrNOS. The molecule has 0 spiro atoms. The van der Waals surface area contributed by atoms with Crippen LogP contribution in [0.1, 0.15) is 11.0 Å². The smallest absolute Gasteiger partial charge is 0.141 e. The topological polar surface area (TPSA) is 21.3 Å². The second kappa shape index (κ2) is 4.64. The molecule has 2 heterocycles. The molecule has 1 unspecified atom stereocenters. The van der Waals surface area contributed by atoms with Crippen molar-refractivity contribution in [1.82, 2.24) is 5.48 Å². The molecule has 1 aliphatic rings. The fraction of sp³-hybridized carbons (Fsp3) is 0.0769. The van der Waals surface area contributed by atoms with Gasteiger partial charge >= 0.3 is 0 Å². The molecule has 1 N–H and O–H groups in total. The average Bonchev–Trinajstić information content (AvgIpc) is 2.98. The summed E-state index contributed by atoms with van der Waals surface area (Å²) < 4.78 is 0.886. The van der Waals surface area contributed by atoms with Crippen molar-refractivity contribution in [3.63, 3.8) is 0 Å². The van der Waals surface area contributed by atoms with Gasteiger partial charge in [-0.15, -0.1) is 11.3 Å². The molecule has 1 aliphatic heterocycles. The lowest BCUT2D eigenvalue weighted by atomic mass is 10.1. The maximum absolute atomic E-state index is 5.42. The van der Waals surface area contributed by atoms with Crippen LogP contribution in [0.2, 0.25) is 0 Å². The Balaban J connectivity index is 1.89. The Morgan fingerprint density at radius 3 is 2.71 bits per heavy atom. The molecular weight excluding hydrogens is 298 g/mol. The summed E-state index contributed by atoms with van der Waals surface area (Å²) in [5, 5.41) is 2.16. The van der Waals surface area contributed by atoms with E-state index in [4.69, 9.17) is 4.84 Å². The van der Waals surface area contributed by atoms with Crippen LogP contribution in [0.15, 0.2) is 52.5 Å². The number of rotatable bonds is 2. The zero-order valence-electron chi connectivity index (χ0n) is 8.89. The minimum Gasteiger partial charge on any atom is -0.262 e. The summed E-state index contributed by atoms with van der Waals surface area (Å²) in [5.74, 6) is 0. The van der Waals surface area contributed by atoms with Crippen molar-refractivity contribution in [2.75, 3.05) is 0 Å². The van der Waals surface area contributed by atoms with Gasteiger partial charge in [-0.3, -0.25) is 10.3 Å². The third kappa shape index (κ3) is 2.29. The monoisotopic (exact) mass is 307 g/mol. The Morgan fingerprint density at radius 2 is 2.00 bits per heavy atom. The molecule has 2 aromatic rings. The summed E-state index contributed by atoms with van der Waals surface area (Å²) in [5.41, 5.74) is 5.28. The summed E-state index contributed by atoms with van der Waals surface area (Å²) in [4.78, 5) is 6.62. The molecule has 3 rings (SSSR count). The highest BCUT2D eigenvalue weighted by Crippen LogP contribution is 2.34. The second-order valence-electron chi connectivity index (χ2n) is 3.76. The maximum Gasteiger partial charge on any atom is 0.141 e. The van der Waals surface area contributed by atoms with Gasteiger partial charge in [0.05, 0.1) is 0 Å². The molecule has 0 radical (unpaired) electrons. The summed E-state index contributed by atoms with van der Waals surface area (Å²) in [7, 11) is 0. The summed E-state index contributed by atoms with van der Waals surface area (Å²) in [6, 6.07) is 12.5. The van der Waals surface area contributed by atoms with Crippen LogP contribution < -0.4 is 5.48 Å². The van der Waals surface area contributed by atoms with Gasteiger partial charge < -0.3 is 0 Å². The number of nitrogens with one attached hydrogen (secondary N) is 1. The highest BCUT2D eigenvalue weighted by molar-refractivity contribution is 9.11. The molecule has 86 valence electrons. The largest absolute Gasteiger partial charge is 0.262 e. The molecule has 0 fully saturated rings. The van der Waals surface area contributed by atoms with Gasteiger partial charge in [0.15, 0.2) is 0 Å². The molecule has 1 aromatic heterocycles. The zero-order valence-corrected chi connectivity index (χ0v) is 11.3. The molecule has 4 heteroatoms. The number of halogens is 1. The van der Waals surface area contributed by atoms with Crippen LogP contribution in [0.3, 0.4) is 0 Å². The molecule has 1 atom stereocenters. The van der Waals surface area contributed by atoms with Crippen molar-refractivity contribution in [3.8, 4) is 11.1 Å². The molecule has 2 nitrogen and oxygen atoms in total. The molecule has 0 bridgehead atoms. The van der Waals surface area contributed by atoms with E-state index in [-0.39, 0.29) is 6.10 Å². The van der Waals surface area contributed by atoms with Crippen LogP contribution >= 0.6 is 27.3 Å². The third-order valence-corrected chi connectivity index (χ3v) is 4.01. The van der Waals surface area contributed by atoms with Gasteiger partial charge in [-0.1, -0.05) is 30.3 Å². The summed E-state index contributed by atoms with van der Waals surface area (Å²) in [6.45, 7) is 0. The zero-order chi connectivity index (χ0) is 11.7. The van der Waals surface area contributed by atoms with Gasteiger partial charge in [-0.2, -0.15) is 0 Å². The van der Waals surface area contributed by atoms with E-state index < -0.39 is 0 Å². The second-order valence-corrected chi connectivity index (χ2v) is 5.56. The molecule has 0 saturated heterocycles. The van der Waals surface area contributed by atoms with Crippen molar-refractivity contribution >= 4 is 27.3 Å². The Kier molecular flexibility index (Phi) is 3.01. The van der Waals surface area contributed by atoms with Crippen LogP contribution in [0, 0.1) is 0 Å². The predicted octanol–water partition coefficient (Wildman–Crippen LogP) is 4.23. The van der Waals surface area contributed by atoms with E-state index in [1.165, 1.54) is 16.0 Å². The lowest BCUT2D eigenvalue weighted by Crippen LogP contribution is -2.03. The molecule has 0 amide bonds. The quantitative estimate of drug-likeness (QED) is 0.838. The Hall–Kier alpha value is -1.10. The fourth-order valence-electron chi connectivity index (χ4n) is 1.74. The molecule has 0 aliphatic carbocycles. The molecule has 0 saturated carbocycles. The SMILES string of the molecule is BrC1=CC(c2cc(-c3ccccc3)cs2)ON1. The number of hydroxylamine groups is 1. The van der Waals surface area contributed by atoms with E-state index in [0.717, 1.165) is 4.61 Å². The van der Waals surface area contributed by atoms with Crippen LogP contribution in [0.5, 0.6) is 0 Å². The van der Waals surface area contributed by atoms with Gasteiger partial charge in [0.2, 0.25) is 0 Å². The van der Waals surface area contributed by atoms with Gasteiger partial charge in [0.1, 0.15) is 10.7 Å². The summed E-state index contributed by atoms with van der Waals surface area (Å²) in [6.07, 6.45) is 2.02. The van der Waals surface area contributed by atoms with Crippen LogP contribution in [0.4, 0.5) is 0 Å². The number of thiophene rings is 1. The molecule has 17 heavy (non-hydrogen) atoms. The van der Waals surface area contributed by atoms with E-state index in [0.29, 0.717) is 0 Å². The van der Waals surface area contributed by atoms with Crippen molar-refractivity contribution < 1.29 is 4.84 Å². The van der Waals surface area contributed by atoms with Gasteiger partial charge in [0.25, 0.3) is 0 Å². The number of hydrogen-bond donors (Lipinski definition) is 1. The standard InChI is InChI=1S/C13H10BrNOS/c14-13-7-11(16-15-13)12-6-10(8-17-12)9-4-2-1-3-5-9/h1-8,11,15H. The van der Waals surface area contributed by atoms with Crippen LogP contribution in [-0.4, -0.2) is 0 Å².